The van der Waals surface area contributed by atoms with Gasteiger partial charge in [0.1, 0.15) is 5.01 Å². The molecule has 0 unspecified atom stereocenters. The van der Waals surface area contributed by atoms with E-state index in [4.69, 9.17) is 19.2 Å². The van der Waals surface area contributed by atoms with Crippen molar-refractivity contribution in [1.29, 1.82) is 0 Å². The van der Waals surface area contributed by atoms with Crippen LogP contribution in [0.5, 0.6) is 0 Å². The summed E-state index contributed by atoms with van der Waals surface area (Å²) in [6.45, 7) is 19.6. The lowest BCUT2D eigenvalue weighted by Gasteiger charge is -2.26. The molecule has 52 heavy (non-hydrogen) atoms. The molecule has 0 aromatic carbocycles. The van der Waals surface area contributed by atoms with E-state index in [9.17, 15) is 19.8 Å². The predicted octanol–water partition coefficient (Wildman–Crippen LogP) is 9.06. The van der Waals surface area contributed by atoms with Crippen molar-refractivity contribution in [1.82, 2.24) is 10.3 Å². The van der Waals surface area contributed by atoms with E-state index in [1.807, 2.05) is 102 Å². The number of allylic oxidation sites excluding steroid dienone is 8. The van der Waals surface area contributed by atoms with Crippen LogP contribution in [0.3, 0.4) is 0 Å². The molecule has 0 radical (unpaired) electrons. The number of aliphatic hydroxyl groups is 2. The highest BCUT2D eigenvalue weighted by atomic mass is 32.1. The highest BCUT2D eigenvalue weighted by Crippen LogP contribution is 2.34. The van der Waals surface area contributed by atoms with Crippen LogP contribution in [0, 0.1) is 23.7 Å². The largest absolute Gasteiger partial charge is 0.452 e. The van der Waals surface area contributed by atoms with Crippen LogP contribution >= 0.6 is 11.3 Å². The number of cyclic esters (lactones) is 1. The molecule has 1 aromatic rings. The van der Waals surface area contributed by atoms with Crippen molar-refractivity contribution in [3.63, 3.8) is 0 Å². The summed E-state index contributed by atoms with van der Waals surface area (Å²) in [5, 5.41) is 27.0. The Morgan fingerprint density at radius 3 is 2.37 bits per heavy atom. The molecule has 2 heterocycles. The Bertz CT molecular complexity index is 1550. The third-order valence-electron chi connectivity index (χ3n) is 9.03. The predicted molar refractivity (Wildman–Crippen MR) is 211 cm³/mol. The van der Waals surface area contributed by atoms with Crippen LogP contribution in [0.25, 0.3) is 0 Å². The van der Waals surface area contributed by atoms with Gasteiger partial charge in [0.15, 0.2) is 12.2 Å². The number of hydrogen-bond donors (Lipinski definition) is 3. The van der Waals surface area contributed by atoms with E-state index in [-0.39, 0.29) is 29.8 Å². The Morgan fingerprint density at radius 1 is 1.04 bits per heavy atom. The Morgan fingerprint density at radius 2 is 1.73 bits per heavy atom. The van der Waals surface area contributed by atoms with Crippen molar-refractivity contribution in [3.8, 4) is 0 Å². The summed E-state index contributed by atoms with van der Waals surface area (Å²) in [6.07, 6.45) is 14.6. The van der Waals surface area contributed by atoms with E-state index in [0.717, 1.165) is 22.3 Å². The fourth-order valence-corrected chi connectivity index (χ4v) is 6.80. The summed E-state index contributed by atoms with van der Waals surface area (Å²) >= 11 is 1.37. The molecule has 0 fully saturated rings. The molecule has 1 aliphatic heterocycles. The van der Waals surface area contributed by atoms with Crippen LogP contribution < -0.4 is 5.32 Å². The first-order valence-electron chi connectivity index (χ1n) is 18.1. The second-order valence-electron chi connectivity index (χ2n) is 14.5. The fraction of sp³-hybridized carbons (Fsp3) is 0.548. The third kappa shape index (κ3) is 14.5. The molecule has 9 nitrogen and oxygen atoms in total. The van der Waals surface area contributed by atoms with E-state index in [0.29, 0.717) is 29.1 Å². The standard InChI is InChI=1S/C42H62N2O7S/c1-25(2)20-37(50-42(48)43-11)40-44-34(24-52-40)39-30(7)15-13-14-29(6)38(49-12)33(10)35(45)19-17-26(3)21-28(5)22-32(9)36(46)23-27(4)16-18-31(8)41(47)51-39/h13-15,17-19,21-25,30,32-33,35-39,45-46H,16,20H2,1-12H3,(H,43,48)/b15-13-,19-17-,26-21-,27-23-,28-22-,29-14-,31-18-/t30-,32-,33+,35+,36-,37-,38+,39+/m1/s1. The number of nitrogens with zero attached hydrogens (tertiary/aromatic N) is 1. The second-order valence-corrected chi connectivity index (χ2v) is 15.4. The van der Waals surface area contributed by atoms with Gasteiger partial charge in [-0.2, -0.15) is 0 Å². The molecule has 1 aromatic heterocycles. The summed E-state index contributed by atoms with van der Waals surface area (Å²) in [7, 11) is 3.15. The normalized spacial score (nSPS) is 33.2. The zero-order valence-corrected chi connectivity index (χ0v) is 34.0. The molecule has 1 aliphatic rings. The monoisotopic (exact) mass is 738 g/mol. The quantitative estimate of drug-likeness (QED) is 0.195. The minimum absolute atomic E-state index is 0.147. The lowest BCUT2D eigenvalue weighted by Crippen LogP contribution is -2.30. The highest BCUT2D eigenvalue weighted by Gasteiger charge is 2.29. The summed E-state index contributed by atoms with van der Waals surface area (Å²) in [4.78, 5) is 30.6. The summed E-state index contributed by atoms with van der Waals surface area (Å²) in [5.41, 5.74) is 4.83. The first-order chi connectivity index (χ1) is 24.5. The van der Waals surface area contributed by atoms with Crippen LogP contribution in [0.1, 0.15) is 105 Å². The van der Waals surface area contributed by atoms with Gasteiger partial charge in [0.2, 0.25) is 0 Å². The van der Waals surface area contributed by atoms with E-state index >= 15 is 0 Å². The maximum atomic E-state index is 13.6. The van der Waals surface area contributed by atoms with Crippen LogP contribution in [0.2, 0.25) is 0 Å². The van der Waals surface area contributed by atoms with Crippen LogP contribution in [-0.4, -0.2) is 59.7 Å². The minimum atomic E-state index is -0.755. The fourth-order valence-electron chi connectivity index (χ4n) is 5.92. The van der Waals surface area contributed by atoms with E-state index < -0.39 is 36.5 Å². The SMILES string of the molecule is CNC(=O)O[C@H](CC(C)C)c1nc([C@H]2OC(=O)/C(C)=C\C/C(C)=C\[C@@H](O)[C@H](C)\C=C(C)/C=C(C)\C=C/[C@H](O)[C@H](C)[C@@H](OC)/C(C)=C\C=C/[C@H]2C)cs1. The number of esters is 1. The number of thiazole rings is 1. The van der Waals surface area contributed by atoms with Gasteiger partial charge < -0.3 is 29.7 Å². The molecular formula is C42H62N2O7S. The lowest BCUT2D eigenvalue weighted by molar-refractivity contribution is -0.146. The molecule has 2 rings (SSSR count). The molecule has 0 saturated heterocycles. The lowest BCUT2D eigenvalue weighted by atomic mass is 9.91. The summed E-state index contributed by atoms with van der Waals surface area (Å²) < 4.78 is 17.7. The summed E-state index contributed by atoms with van der Waals surface area (Å²) in [5.74, 6) is -0.903. The third-order valence-corrected chi connectivity index (χ3v) is 9.99. The number of carbonyl (C=O) groups is 2. The maximum Gasteiger partial charge on any atom is 0.407 e. The van der Waals surface area contributed by atoms with Gasteiger partial charge in [-0.3, -0.25) is 0 Å². The zero-order chi connectivity index (χ0) is 39.1. The Hall–Kier alpha value is -3.57. The molecule has 288 valence electrons. The number of aromatic nitrogens is 1. The molecule has 0 saturated carbocycles. The number of carbonyl (C=O) groups excluding carboxylic acids is 2. The van der Waals surface area contributed by atoms with Crippen LogP contribution in [0.4, 0.5) is 4.79 Å². The average Bonchev–Trinajstić information content (AvgIpc) is 3.57. The van der Waals surface area contributed by atoms with Gasteiger partial charge in [-0.25, -0.2) is 14.6 Å². The first-order valence-corrected chi connectivity index (χ1v) is 19.0. The van der Waals surface area contributed by atoms with Crippen molar-refractivity contribution in [2.45, 2.75) is 113 Å². The number of methoxy groups -OCH3 is 1. The molecule has 0 spiro atoms. The summed E-state index contributed by atoms with van der Waals surface area (Å²) in [6, 6.07) is 0. The van der Waals surface area contributed by atoms with E-state index in [1.165, 1.54) is 18.4 Å². The molecular weight excluding hydrogens is 677 g/mol. The second kappa shape index (κ2) is 21.8. The van der Waals surface area contributed by atoms with Crippen LogP contribution in [0.15, 0.2) is 87.9 Å². The van der Waals surface area contributed by atoms with Crippen LogP contribution in [-0.2, 0) is 19.0 Å². The molecule has 10 heteroatoms. The van der Waals surface area contributed by atoms with Gasteiger partial charge in [0.05, 0.1) is 24.0 Å². The number of ether oxygens (including phenoxy) is 3. The Kier molecular flexibility index (Phi) is 18.7. The van der Waals surface area contributed by atoms with Gasteiger partial charge in [0.25, 0.3) is 0 Å². The smallest absolute Gasteiger partial charge is 0.407 e. The first kappa shape index (κ1) is 44.6. The number of amides is 1. The number of rotatable bonds is 6. The minimum Gasteiger partial charge on any atom is -0.452 e. The number of aliphatic hydroxyl groups excluding tert-OH is 2. The van der Waals surface area contributed by atoms with Gasteiger partial charge in [0, 0.05) is 42.9 Å². The maximum absolute atomic E-state index is 13.6. The van der Waals surface area contributed by atoms with Crippen molar-refractivity contribution in [2.75, 3.05) is 14.2 Å². The average molecular weight is 739 g/mol. The van der Waals surface area contributed by atoms with Crippen molar-refractivity contribution in [3.05, 3.63) is 98.6 Å². The van der Waals surface area contributed by atoms with Gasteiger partial charge in [-0.05, 0) is 59.0 Å². The number of alkyl carbamates (subject to hydrolysis) is 1. The Labute approximate surface area is 315 Å². The topological polar surface area (TPSA) is 127 Å². The van der Waals surface area contributed by atoms with Crippen molar-refractivity contribution >= 4 is 23.4 Å². The number of hydrogen-bond acceptors (Lipinski definition) is 9. The van der Waals surface area contributed by atoms with Crippen molar-refractivity contribution < 1.29 is 34.0 Å². The highest BCUT2D eigenvalue weighted by molar-refractivity contribution is 7.09. The molecule has 8 atom stereocenters. The van der Waals surface area contributed by atoms with E-state index in [1.54, 1.807) is 20.1 Å². The Balaban J connectivity index is 2.60. The molecule has 0 aliphatic carbocycles. The van der Waals surface area contributed by atoms with E-state index in [2.05, 4.69) is 19.2 Å². The zero-order valence-electron chi connectivity index (χ0n) is 33.2. The van der Waals surface area contributed by atoms with Gasteiger partial charge >= 0.3 is 12.1 Å². The van der Waals surface area contributed by atoms with Gasteiger partial charge in [-0.1, -0.05) is 106 Å². The molecule has 3 N–H and O–H groups in total. The van der Waals surface area contributed by atoms with Gasteiger partial charge in [-0.15, -0.1) is 11.3 Å². The molecule has 1 amide bonds. The van der Waals surface area contributed by atoms with Crippen molar-refractivity contribution in [2.24, 2.45) is 23.7 Å². The molecule has 0 bridgehead atoms. The number of nitrogens with one attached hydrogen (secondary N) is 1.